The average molecular weight is 256 g/mol. The number of hydrogen-bond acceptors (Lipinski definition) is 5. The maximum absolute atomic E-state index is 5.86. The zero-order valence-corrected chi connectivity index (χ0v) is 10.5. The average Bonchev–Trinajstić information content (AvgIpc) is 2.27. The quantitative estimate of drug-likeness (QED) is 0.715. The Labute approximate surface area is 106 Å². The first-order chi connectivity index (χ1) is 8.13. The molecule has 0 radical (unpaired) electrons. The Morgan fingerprint density at radius 2 is 2.00 bits per heavy atom. The molecular formula is C11H18ClN5. The van der Waals surface area contributed by atoms with Crippen LogP contribution in [0, 0.1) is 5.92 Å². The van der Waals surface area contributed by atoms with E-state index in [9.17, 15) is 0 Å². The fourth-order valence-corrected chi connectivity index (χ4v) is 2.33. The van der Waals surface area contributed by atoms with Gasteiger partial charge in [0.1, 0.15) is 11.0 Å². The van der Waals surface area contributed by atoms with E-state index >= 15 is 0 Å². The Kier molecular flexibility index (Phi) is 4.02. The lowest BCUT2D eigenvalue weighted by Gasteiger charge is -2.26. The van der Waals surface area contributed by atoms with Crippen LogP contribution in [0.15, 0.2) is 6.07 Å². The van der Waals surface area contributed by atoms with Crippen LogP contribution in [0.1, 0.15) is 25.7 Å². The van der Waals surface area contributed by atoms with Crippen LogP contribution in [-0.2, 0) is 0 Å². The highest BCUT2D eigenvalue weighted by atomic mass is 35.5. The van der Waals surface area contributed by atoms with Gasteiger partial charge in [-0.3, -0.25) is 0 Å². The Bertz CT molecular complexity index is 356. The fraction of sp³-hybridized carbons (Fsp3) is 0.636. The van der Waals surface area contributed by atoms with Crippen LogP contribution in [0.5, 0.6) is 0 Å². The molecule has 94 valence electrons. The van der Waals surface area contributed by atoms with Gasteiger partial charge in [-0.1, -0.05) is 11.6 Å². The van der Waals surface area contributed by atoms with E-state index in [-0.39, 0.29) is 0 Å². The van der Waals surface area contributed by atoms with E-state index in [0.29, 0.717) is 28.9 Å². The van der Waals surface area contributed by atoms with Crippen molar-refractivity contribution in [3.8, 4) is 0 Å². The molecule has 0 saturated heterocycles. The van der Waals surface area contributed by atoms with Gasteiger partial charge in [0.2, 0.25) is 5.95 Å². The smallest absolute Gasteiger partial charge is 0.226 e. The minimum absolute atomic E-state index is 0.366. The van der Waals surface area contributed by atoms with E-state index in [2.05, 4.69) is 15.3 Å². The maximum Gasteiger partial charge on any atom is 0.226 e. The van der Waals surface area contributed by atoms with Gasteiger partial charge in [0, 0.05) is 18.7 Å². The largest absolute Gasteiger partial charge is 0.383 e. The predicted octanol–water partition coefficient (Wildman–Crippen LogP) is 1.64. The Hall–Kier alpha value is -1.07. The van der Waals surface area contributed by atoms with E-state index < -0.39 is 0 Å². The molecule has 0 amide bonds. The summed E-state index contributed by atoms with van der Waals surface area (Å²) in [6.45, 7) is 0.854. The summed E-state index contributed by atoms with van der Waals surface area (Å²) in [7, 11) is 0. The second kappa shape index (κ2) is 5.51. The Balaban J connectivity index is 1.85. The highest BCUT2D eigenvalue weighted by Gasteiger charge is 2.18. The second-order valence-corrected chi connectivity index (χ2v) is 4.99. The molecule has 0 unspecified atom stereocenters. The van der Waals surface area contributed by atoms with E-state index in [0.717, 1.165) is 32.2 Å². The number of halogens is 1. The van der Waals surface area contributed by atoms with Crippen molar-refractivity contribution in [2.24, 2.45) is 11.7 Å². The number of nitrogens with zero attached hydrogens (tertiary/aromatic N) is 2. The van der Waals surface area contributed by atoms with Crippen LogP contribution in [0.3, 0.4) is 0 Å². The van der Waals surface area contributed by atoms with E-state index in [1.54, 1.807) is 0 Å². The van der Waals surface area contributed by atoms with Crippen molar-refractivity contribution < 1.29 is 0 Å². The minimum Gasteiger partial charge on any atom is -0.383 e. The van der Waals surface area contributed by atoms with Crippen LogP contribution in [0.4, 0.5) is 11.8 Å². The summed E-state index contributed by atoms with van der Waals surface area (Å²) in [4.78, 5) is 8.15. The zero-order chi connectivity index (χ0) is 12.3. The third-order valence-corrected chi connectivity index (χ3v) is 3.35. The first kappa shape index (κ1) is 12.4. The van der Waals surface area contributed by atoms with Crippen molar-refractivity contribution in [1.29, 1.82) is 0 Å². The molecule has 0 bridgehead atoms. The number of nitrogens with two attached hydrogens (primary N) is 2. The van der Waals surface area contributed by atoms with Gasteiger partial charge >= 0.3 is 0 Å². The van der Waals surface area contributed by atoms with E-state index in [1.807, 2.05) is 0 Å². The molecule has 0 atom stereocenters. The molecule has 1 aromatic rings. The van der Waals surface area contributed by atoms with Crippen molar-refractivity contribution in [3.63, 3.8) is 0 Å². The van der Waals surface area contributed by atoms with Crippen molar-refractivity contribution in [3.05, 3.63) is 11.2 Å². The number of aromatic nitrogens is 2. The summed E-state index contributed by atoms with van der Waals surface area (Å²) in [6.07, 6.45) is 4.52. The number of nitrogen functional groups attached to an aromatic ring is 1. The zero-order valence-electron chi connectivity index (χ0n) is 9.69. The molecule has 1 aliphatic carbocycles. The third-order valence-electron chi connectivity index (χ3n) is 3.15. The Morgan fingerprint density at radius 3 is 2.65 bits per heavy atom. The van der Waals surface area contributed by atoms with Crippen LogP contribution >= 0.6 is 11.6 Å². The molecule has 2 rings (SSSR count). The van der Waals surface area contributed by atoms with Crippen molar-refractivity contribution >= 4 is 23.4 Å². The Morgan fingerprint density at radius 1 is 1.29 bits per heavy atom. The lowest BCUT2D eigenvalue weighted by molar-refractivity contribution is 0.338. The van der Waals surface area contributed by atoms with Crippen molar-refractivity contribution in [1.82, 2.24) is 9.97 Å². The normalized spacial score (nSPS) is 24.6. The molecule has 6 heteroatoms. The molecule has 1 aliphatic rings. The van der Waals surface area contributed by atoms with Crippen molar-refractivity contribution in [2.45, 2.75) is 31.7 Å². The number of hydrogen-bond donors (Lipinski definition) is 3. The summed E-state index contributed by atoms with van der Waals surface area (Å²) >= 11 is 5.80. The molecular weight excluding hydrogens is 238 g/mol. The minimum atomic E-state index is 0.366. The molecule has 5 nitrogen and oxygen atoms in total. The summed E-state index contributed by atoms with van der Waals surface area (Å²) < 4.78 is 0. The molecule has 1 heterocycles. The molecule has 1 saturated carbocycles. The molecule has 1 aromatic heterocycles. The second-order valence-electron chi connectivity index (χ2n) is 4.60. The highest BCUT2D eigenvalue weighted by molar-refractivity contribution is 6.29. The van der Waals surface area contributed by atoms with Gasteiger partial charge in [0.15, 0.2) is 0 Å². The van der Waals surface area contributed by atoms with Gasteiger partial charge in [-0.2, -0.15) is 4.98 Å². The van der Waals surface area contributed by atoms with E-state index in [1.165, 1.54) is 6.07 Å². The summed E-state index contributed by atoms with van der Waals surface area (Å²) in [6, 6.07) is 1.91. The summed E-state index contributed by atoms with van der Waals surface area (Å²) in [5, 5.41) is 3.55. The molecule has 17 heavy (non-hydrogen) atoms. The molecule has 0 aromatic carbocycles. The summed E-state index contributed by atoms with van der Waals surface area (Å²) in [5.41, 5.74) is 11.5. The maximum atomic E-state index is 5.86. The third kappa shape index (κ3) is 3.71. The molecule has 0 aliphatic heterocycles. The summed E-state index contributed by atoms with van der Waals surface area (Å²) in [5.74, 6) is 1.53. The SMILES string of the molecule is Nc1cc(Cl)nc(NC[C@H]2CC[C@@H](N)CC2)n1. The van der Waals surface area contributed by atoms with Gasteiger partial charge < -0.3 is 16.8 Å². The number of rotatable bonds is 3. The standard InChI is InChI=1S/C11H18ClN5/c12-9-5-10(14)17-11(16-9)15-6-7-1-3-8(13)4-2-7/h5,7-8H,1-4,6,13H2,(H3,14,15,16,17)/t7-,8+. The predicted molar refractivity (Wildman–Crippen MR) is 69.9 cm³/mol. The number of nitrogens with one attached hydrogen (secondary N) is 1. The first-order valence-electron chi connectivity index (χ1n) is 5.93. The van der Waals surface area contributed by atoms with Gasteiger partial charge in [0.25, 0.3) is 0 Å². The van der Waals surface area contributed by atoms with Gasteiger partial charge in [-0.25, -0.2) is 4.98 Å². The monoisotopic (exact) mass is 255 g/mol. The van der Waals surface area contributed by atoms with Crippen LogP contribution < -0.4 is 16.8 Å². The molecule has 5 N–H and O–H groups in total. The van der Waals surface area contributed by atoms with Crippen LogP contribution in [-0.4, -0.2) is 22.6 Å². The van der Waals surface area contributed by atoms with Crippen LogP contribution in [0.25, 0.3) is 0 Å². The first-order valence-corrected chi connectivity index (χ1v) is 6.31. The highest BCUT2D eigenvalue weighted by Crippen LogP contribution is 2.23. The van der Waals surface area contributed by atoms with Gasteiger partial charge in [-0.15, -0.1) is 0 Å². The van der Waals surface area contributed by atoms with Gasteiger partial charge in [-0.05, 0) is 31.6 Å². The van der Waals surface area contributed by atoms with E-state index in [4.69, 9.17) is 23.1 Å². The number of anilines is 2. The molecule has 1 fully saturated rings. The molecule has 0 spiro atoms. The van der Waals surface area contributed by atoms with Crippen LogP contribution in [0.2, 0.25) is 5.15 Å². The lowest BCUT2D eigenvalue weighted by atomic mass is 9.86. The van der Waals surface area contributed by atoms with Crippen molar-refractivity contribution in [2.75, 3.05) is 17.6 Å². The van der Waals surface area contributed by atoms with Gasteiger partial charge in [0.05, 0.1) is 0 Å². The topological polar surface area (TPSA) is 89.8 Å². The fourth-order valence-electron chi connectivity index (χ4n) is 2.14. The lowest BCUT2D eigenvalue weighted by Crippen LogP contribution is -2.29.